The van der Waals surface area contributed by atoms with Gasteiger partial charge in [0, 0.05) is 13.1 Å². The molecule has 0 saturated heterocycles. The second kappa shape index (κ2) is 10.5. The highest BCUT2D eigenvalue weighted by Crippen LogP contribution is 2.16. The molecule has 84 valence electrons. The lowest BCUT2D eigenvalue weighted by molar-refractivity contribution is 0.350. The molecule has 0 N–H and O–H groups in total. The molecule has 0 fully saturated rings. The van der Waals surface area contributed by atoms with Gasteiger partial charge in [-0.15, -0.1) is 0 Å². The van der Waals surface area contributed by atoms with Crippen LogP contribution in [0, 0.1) is 0 Å². The van der Waals surface area contributed by atoms with Crippen LogP contribution in [0.3, 0.4) is 0 Å². The lowest BCUT2D eigenvalue weighted by atomic mass is 10.0. The van der Waals surface area contributed by atoms with Crippen molar-refractivity contribution in [3.8, 4) is 0 Å². The Kier molecular flexibility index (Phi) is 11.9. The molecule has 1 aliphatic heterocycles. The van der Waals surface area contributed by atoms with E-state index in [1.165, 1.54) is 24.1 Å². The third kappa shape index (κ3) is 5.98. The summed E-state index contributed by atoms with van der Waals surface area (Å²) in [5.74, 6) is 0. The van der Waals surface area contributed by atoms with E-state index in [4.69, 9.17) is 0 Å². The van der Waals surface area contributed by atoms with Gasteiger partial charge in [0.05, 0.1) is 0 Å². The number of hydrogen-bond donors (Lipinski definition) is 0. The van der Waals surface area contributed by atoms with Crippen molar-refractivity contribution in [3.63, 3.8) is 0 Å². The van der Waals surface area contributed by atoms with Crippen molar-refractivity contribution in [1.82, 2.24) is 4.90 Å². The molecular weight excluding hydrogens is 170 g/mol. The second-order valence-corrected chi connectivity index (χ2v) is 3.00. The highest BCUT2D eigenvalue weighted by molar-refractivity contribution is 5.25. The van der Waals surface area contributed by atoms with Crippen molar-refractivity contribution in [2.24, 2.45) is 0 Å². The Hall–Kier alpha value is -0.560. The Balaban J connectivity index is 0. The van der Waals surface area contributed by atoms with Gasteiger partial charge in [-0.25, -0.2) is 0 Å². The first kappa shape index (κ1) is 15.9. The maximum absolute atomic E-state index is 3.78. The molecule has 1 aliphatic rings. The first-order chi connectivity index (χ1) is 6.74. The van der Waals surface area contributed by atoms with Crippen LogP contribution in [0.5, 0.6) is 0 Å². The van der Waals surface area contributed by atoms with Crippen molar-refractivity contribution in [2.45, 2.75) is 41.0 Å². The molecule has 0 aromatic rings. The van der Waals surface area contributed by atoms with E-state index in [0.717, 1.165) is 6.54 Å². The summed E-state index contributed by atoms with van der Waals surface area (Å²) in [6.07, 6.45) is 3.16. The Labute approximate surface area is 90.5 Å². The van der Waals surface area contributed by atoms with Crippen LogP contribution < -0.4 is 0 Å². The van der Waals surface area contributed by atoms with E-state index in [1.54, 1.807) is 0 Å². The van der Waals surface area contributed by atoms with Gasteiger partial charge in [0.2, 0.25) is 0 Å². The summed E-state index contributed by atoms with van der Waals surface area (Å²) < 4.78 is 0. The fourth-order valence-electron chi connectivity index (χ4n) is 1.39. The summed E-state index contributed by atoms with van der Waals surface area (Å²) in [5.41, 5.74) is 2.92. The van der Waals surface area contributed by atoms with E-state index < -0.39 is 0 Å². The van der Waals surface area contributed by atoms with Crippen LogP contribution in [-0.4, -0.2) is 25.0 Å². The highest BCUT2D eigenvalue weighted by Gasteiger charge is 2.09. The summed E-state index contributed by atoms with van der Waals surface area (Å²) in [5, 5.41) is 0. The molecule has 0 radical (unpaired) electrons. The molecule has 0 unspecified atom stereocenters. The fourth-order valence-corrected chi connectivity index (χ4v) is 1.39. The van der Waals surface area contributed by atoms with E-state index in [-0.39, 0.29) is 0 Å². The average Bonchev–Trinajstić information content (AvgIpc) is 2.24. The first-order valence-corrected chi connectivity index (χ1v) is 5.73. The standard InChI is InChI=1S/C9H15N.2C2H6/c1-4-9-5-6-10(3)7-8(9)2;2*1-2/h4H,1,5-7H2,2-3H3;2*1-2H3. The predicted octanol–water partition coefficient (Wildman–Crippen LogP) is 3.88. The third-order valence-corrected chi connectivity index (χ3v) is 2.06. The summed E-state index contributed by atoms with van der Waals surface area (Å²) in [6, 6.07) is 0. The van der Waals surface area contributed by atoms with E-state index in [0.29, 0.717) is 0 Å². The zero-order valence-corrected chi connectivity index (χ0v) is 10.9. The number of likely N-dealkylation sites (N-methyl/N-ethyl adjacent to an activating group) is 1. The molecule has 1 heterocycles. The van der Waals surface area contributed by atoms with Gasteiger partial charge in [-0.05, 0) is 26.0 Å². The van der Waals surface area contributed by atoms with Crippen LogP contribution in [0.2, 0.25) is 0 Å². The Bertz CT molecular complexity index is 168. The number of nitrogens with zero attached hydrogens (tertiary/aromatic N) is 1. The molecule has 0 saturated carbocycles. The molecule has 14 heavy (non-hydrogen) atoms. The minimum Gasteiger partial charge on any atom is -0.302 e. The number of hydrogen-bond acceptors (Lipinski definition) is 1. The summed E-state index contributed by atoms with van der Waals surface area (Å²) in [7, 11) is 2.16. The molecular formula is C13H27N. The van der Waals surface area contributed by atoms with Crippen LogP contribution in [0.4, 0.5) is 0 Å². The lowest BCUT2D eigenvalue weighted by Crippen LogP contribution is -2.26. The van der Waals surface area contributed by atoms with Crippen LogP contribution >= 0.6 is 0 Å². The molecule has 0 spiro atoms. The fraction of sp³-hybridized carbons (Fsp3) is 0.692. The zero-order chi connectivity index (χ0) is 11.6. The predicted molar refractivity (Wildman–Crippen MR) is 67.7 cm³/mol. The lowest BCUT2D eigenvalue weighted by Gasteiger charge is -2.24. The van der Waals surface area contributed by atoms with Gasteiger partial charge in [-0.2, -0.15) is 0 Å². The summed E-state index contributed by atoms with van der Waals surface area (Å²) in [6.45, 7) is 16.3. The zero-order valence-electron chi connectivity index (χ0n) is 10.9. The van der Waals surface area contributed by atoms with E-state index in [9.17, 15) is 0 Å². The van der Waals surface area contributed by atoms with Gasteiger partial charge in [0.15, 0.2) is 0 Å². The molecule has 0 aliphatic carbocycles. The second-order valence-electron chi connectivity index (χ2n) is 3.00. The molecule has 0 bridgehead atoms. The maximum atomic E-state index is 3.78. The molecule has 1 rings (SSSR count). The van der Waals surface area contributed by atoms with E-state index in [1.807, 2.05) is 33.8 Å². The molecule has 0 amide bonds. The van der Waals surface area contributed by atoms with Gasteiger partial charge >= 0.3 is 0 Å². The van der Waals surface area contributed by atoms with Gasteiger partial charge in [0.25, 0.3) is 0 Å². The van der Waals surface area contributed by atoms with Crippen molar-refractivity contribution in [3.05, 3.63) is 23.8 Å². The molecule has 0 aromatic heterocycles. The van der Waals surface area contributed by atoms with Crippen molar-refractivity contribution in [2.75, 3.05) is 20.1 Å². The monoisotopic (exact) mass is 197 g/mol. The molecule has 0 atom stereocenters. The smallest absolute Gasteiger partial charge is 0.0193 e. The van der Waals surface area contributed by atoms with Crippen LogP contribution in [0.25, 0.3) is 0 Å². The Morgan fingerprint density at radius 1 is 1.21 bits per heavy atom. The Morgan fingerprint density at radius 3 is 2.07 bits per heavy atom. The third-order valence-electron chi connectivity index (χ3n) is 2.06. The van der Waals surface area contributed by atoms with E-state index >= 15 is 0 Å². The van der Waals surface area contributed by atoms with Gasteiger partial charge in [0.1, 0.15) is 0 Å². The Morgan fingerprint density at radius 2 is 1.71 bits per heavy atom. The largest absolute Gasteiger partial charge is 0.302 e. The van der Waals surface area contributed by atoms with Gasteiger partial charge in [-0.1, -0.05) is 45.9 Å². The number of rotatable bonds is 1. The number of allylic oxidation sites excluding steroid dienone is 1. The van der Waals surface area contributed by atoms with Gasteiger partial charge < -0.3 is 4.90 Å². The summed E-state index contributed by atoms with van der Waals surface area (Å²) >= 11 is 0. The van der Waals surface area contributed by atoms with Gasteiger partial charge in [-0.3, -0.25) is 0 Å². The maximum Gasteiger partial charge on any atom is 0.0193 e. The SMILES string of the molecule is C=CC1=C(C)CN(C)CC1.CC.CC. The summed E-state index contributed by atoms with van der Waals surface area (Å²) in [4.78, 5) is 2.34. The molecule has 1 nitrogen and oxygen atoms in total. The normalized spacial score (nSPS) is 16.1. The highest BCUT2D eigenvalue weighted by atomic mass is 15.1. The van der Waals surface area contributed by atoms with Crippen LogP contribution in [0.1, 0.15) is 41.0 Å². The molecule has 0 aromatic carbocycles. The molecule has 1 heteroatoms. The quantitative estimate of drug-likeness (QED) is 0.616. The topological polar surface area (TPSA) is 3.24 Å². The van der Waals surface area contributed by atoms with Crippen molar-refractivity contribution >= 4 is 0 Å². The average molecular weight is 197 g/mol. The van der Waals surface area contributed by atoms with Crippen LogP contribution in [0.15, 0.2) is 23.8 Å². The van der Waals surface area contributed by atoms with Crippen molar-refractivity contribution < 1.29 is 0 Å². The first-order valence-electron chi connectivity index (χ1n) is 5.73. The minimum atomic E-state index is 1.11. The van der Waals surface area contributed by atoms with Crippen LogP contribution in [-0.2, 0) is 0 Å². The minimum absolute atomic E-state index is 1.11. The van der Waals surface area contributed by atoms with Crippen molar-refractivity contribution in [1.29, 1.82) is 0 Å². The van der Waals surface area contributed by atoms with E-state index in [2.05, 4.69) is 25.5 Å².